The molecule has 1 aliphatic carbocycles. The van der Waals surface area contributed by atoms with Gasteiger partial charge < -0.3 is 10.1 Å². The predicted molar refractivity (Wildman–Crippen MR) is 90.7 cm³/mol. The van der Waals surface area contributed by atoms with Crippen molar-refractivity contribution in [3.8, 4) is 0 Å². The van der Waals surface area contributed by atoms with Gasteiger partial charge in [0.25, 0.3) is 0 Å². The zero-order valence-corrected chi connectivity index (χ0v) is 14.8. The molecule has 1 aliphatic heterocycles. The van der Waals surface area contributed by atoms with Crippen LogP contribution in [0.15, 0.2) is 6.20 Å². The Labute approximate surface area is 141 Å². The van der Waals surface area contributed by atoms with Crippen LogP contribution in [0.5, 0.6) is 0 Å². The fourth-order valence-corrected chi connectivity index (χ4v) is 4.48. The van der Waals surface area contributed by atoms with Crippen LogP contribution in [0.3, 0.4) is 0 Å². The van der Waals surface area contributed by atoms with Crippen LogP contribution in [0.4, 0.5) is 0 Å². The first-order valence-corrected chi connectivity index (χ1v) is 9.25. The molecule has 124 valence electrons. The molecule has 2 fully saturated rings. The van der Waals surface area contributed by atoms with Crippen LogP contribution in [-0.2, 0) is 18.3 Å². The summed E-state index contributed by atoms with van der Waals surface area (Å²) in [6.45, 7) is 5.89. The highest BCUT2D eigenvalue weighted by Crippen LogP contribution is 2.41. The van der Waals surface area contributed by atoms with E-state index in [4.69, 9.17) is 4.74 Å². The fourth-order valence-electron chi connectivity index (χ4n) is 3.44. The van der Waals surface area contributed by atoms with Crippen molar-refractivity contribution < 1.29 is 4.74 Å². The van der Waals surface area contributed by atoms with Crippen molar-refractivity contribution in [2.45, 2.75) is 57.7 Å². The molecule has 0 amide bonds. The average molecular weight is 332 g/mol. The zero-order chi connectivity index (χ0) is 16.0. The van der Waals surface area contributed by atoms with Gasteiger partial charge in [-0.25, -0.2) is 4.98 Å². The summed E-state index contributed by atoms with van der Waals surface area (Å²) >= 11 is 1.86. The molecule has 2 aromatic rings. The third-order valence-corrected chi connectivity index (χ3v) is 6.14. The maximum Gasteiger partial charge on any atom is 0.101 e. The molecule has 1 saturated carbocycles. The van der Waals surface area contributed by atoms with Crippen LogP contribution in [0.2, 0.25) is 0 Å². The number of nitrogens with zero attached hydrogens (tertiary/aromatic N) is 3. The lowest BCUT2D eigenvalue weighted by Gasteiger charge is -2.20. The Bertz CT molecular complexity index is 704. The Morgan fingerprint density at radius 2 is 2.17 bits per heavy atom. The van der Waals surface area contributed by atoms with Gasteiger partial charge in [-0.3, -0.25) is 4.68 Å². The van der Waals surface area contributed by atoms with E-state index >= 15 is 0 Å². The van der Waals surface area contributed by atoms with E-state index in [-0.39, 0.29) is 6.10 Å². The summed E-state index contributed by atoms with van der Waals surface area (Å²) in [4.78, 5) is 5.90. The average Bonchev–Trinajstić information content (AvgIpc) is 2.99. The predicted octanol–water partition coefficient (Wildman–Crippen LogP) is 2.99. The molecule has 0 radical (unpaired) electrons. The van der Waals surface area contributed by atoms with E-state index in [1.165, 1.54) is 34.0 Å². The standard InChI is InChI=1S/C17H24N4OS/c1-10-15(11(2)21(3)20-10)16-14(6-7-22-16)18-8-13-9-19-17(23-13)12-4-5-12/h9,12,14,16,18H,4-8H2,1-3H3/t14-,16-/m0/s1. The van der Waals surface area contributed by atoms with Gasteiger partial charge in [-0.05, 0) is 33.1 Å². The van der Waals surface area contributed by atoms with Crippen molar-refractivity contribution in [1.82, 2.24) is 20.1 Å². The van der Waals surface area contributed by atoms with Crippen molar-refractivity contribution in [3.63, 3.8) is 0 Å². The first-order valence-electron chi connectivity index (χ1n) is 8.43. The van der Waals surface area contributed by atoms with Gasteiger partial charge in [0, 0.05) is 54.5 Å². The second-order valence-corrected chi connectivity index (χ2v) is 7.86. The van der Waals surface area contributed by atoms with Crippen molar-refractivity contribution in [1.29, 1.82) is 0 Å². The molecule has 5 nitrogen and oxygen atoms in total. The topological polar surface area (TPSA) is 52.0 Å². The lowest BCUT2D eigenvalue weighted by molar-refractivity contribution is 0.0974. The maximum absolute atomic E-state index is 6.04. The van der Waals surface area contributed by atoms with E-state index in [0.717, 1.165) is 31.2 Å². The number of aryl methyl sites for hydroxylation is 2. The zero-order valence-electron chi connectivity index (χ0n) is 14.0. The van der Waals surface area contributed by atoms with E-state index in [9.17, 15) is 0 Å². The van der Waals surface area contributed by atoms with Gasteiger partial charge in [-0.15, -0.1) is 11.3 Å². The summed E-state index contributed by atoms with van der Waals surface area (Å²) in [5.74, 6) is 0.747. The lowest BCUT2D eigenvalue weighted by Crippen LogP contribution is -2.31. The molecule has 0 aromatic carbocycles. The van der Waals surface area contributed by atoms with Crippen LogP contribution < -0.4 is 5.32 Å². The Morgan fingerprint density at radius 1 is 1.35 bits per heavy atom. The van der Waals surface area contributed by atoms with Gasteiger partial charge >= 0.3 is 0 Å². The number of hydrogen-bond acceptors (Lipinski definition) is 5. The Morgan fingerprint density at radius 3 is 2.87 bits per heavy atom. The van der Waals surface area contributed by atoms with Crippen LogP contribution in [0.1, 0.15) is 58.1 Å². The second-order valence-electron chi connectivity index (χ2n) is 6.71. The number of thiazole rings is 1. The molecule has 2 aliphatic rings. The molecule has 23 heavy (non-hydrogen) atoms. The summed E-state index contributed by atoms with van der Waals surface area (Å²) in [7, 11) is 2.00. The second kappa shape index (κ2) is 6.00. The molecule has 0 spiro atoms. The van der Waals surface area contributed by atoms with E-state index < -0.39 is 0 Å². The van der Waals surface area contributed by atoms with E-state index in [1.54, 1.807) is 0 Å². The Hall–Kier alpha value is -1.24. The smallest absolute Gasteiger partial charge is 0.101 e. The first-order chi connectivity index (χ1) is 11.1. The summed E-state index contributed by atoms with van der Waals surface area (Å²) in [6, 6.07) is 0.350. The van der Waals surface area contributed by atoms with Gasteiger partial charge in [0.1, 0.15) is 6.10 Å². The minimum absolute atomic E-state index is 0.111. The summed E-state index contributed by atoms with van der Waals surface area (Å²) in [6.07, 6.45) is 5.83. The minimum Gasteiger partial charge on any atom is -0.372 e. The third kappa shape index (κ3) is 2.95. The fraction of sp³-hybridized carbons (Fsp3) is 0.647. The van der Waals surface area contributed by atoms with Gasteiger partial charge in [0.15, 0.2) is 0 Å². The molecule has 4 rings (SSSR count). The summed E-state index contributed by atoms with van der Waals surface area (Å²) in [5.41, 5.74) is 3.54. The SMILES string of the molecule is Cc1nn(C)c(C)c1[C@H]1OCC[C@@H]1NCc1cnc(C2CC2)s1. The van der Waals surface area contributed by atoms with Crippen LogP contribution in [0, 0.1) is 13.8 Å². The number of nitrogens with one attached hydrogen (secondary N) is 1. The van der Waals surface area contributed by atoms with Gasteiger partial charge in [-0.1, -0.05) is 0 Å². The molecule has 6 heteroatoms. The molecule has 2 atom stereocenters. The molecular weight excluding hydrogens is 308 g/mol. The van der Waals surface area contributed by atoms with Crippen LogP contribution >= 0.6 is 11.3 Å². The number of hydrogen-bond donors (Lipinski definition) is 1. The first kappa shape index (κ1) is 15.3. The minimum atomic E-state index is 0.111. The largest absolute Gasteiger partial charge is 0.372 e. The van der Waals surface area contributed by atoms with Crippen molar-refractivity contribution in [2.75, 3.05) is 6.61 Å². The van der Waals surface area contributed by atoms with Crippen molar-refractivity contribution >= 4 is 11.3 Å². The van der Waals surface area contributed by atoms with Crippen molar-refractivity contribution in [2.24, 2.45) is 7.05 Å². The van der Waals surface area contributed by atoms with Gasteiger partial charge in [-0.2, -0.15) is 5.10 Å². The highest BCUT2D eigenvalue weighted by molar-refractivity contribution is 7.11. The van der Waals surface area contributed by atoms with Crippen LogP contribution in [-0.4, -0.2) is 27.4 Å². The molecule has 2 aromatic heterocycles. The highest BCUT2D eigenvalue weighted by atomic mass is 32.1. The third-order valence-electron chi connectivity index (χ3n) is 4.98. The van der Waals surface area contributed by atoms with Crippen molar-refractivity contribution in [3.05, 3.63) is 33.0 Å². The lowest BCUT2D eigenvalue weighted by atomic mass is 10.0. The van der Waals surface area contributed by atoms with E-state index in [0.29, 0.717) is 6.04 Å². The maximum atomic E-state index is 6.04. The Balaban J connectivity index is 1.44. The number of rotatable bonds is 5. The normalized spacial score (nSPS) is 24.5. The molecule has 0 unspecified atom stereocenters. The van der Waals surface area contributed by atoms with Gasteiger partial charge in [0.2, 0.25) is 0 Å². The number of aromatic nitrogens is 3. The summed E-state index contributed by atoms with van der Waals surface area (Å²) < 4.78 is 7.99. The molecule has 3 heterocycles. The highest BCUT2D eigenvalue weighted by Gasteiger charge is 2.33. The summed E-state index contributed by atoms with van der Waals surface area (Å²) in [5, 5.41) is 9.55. The quantitative estimate of drug-likeness (QED) is 0.914. The van der Waals surface area contributed by atoms with E-state index in [1.807, 2.05) is 29.3 Å². The molecule has 1 saturated heterocycles. The number of ether oxygens (including phenoxy) is 1. The van der Waals surface area contributed by atoms with E-state index in [2.05, 4.69) is 29.2 Å². The molecule has 1 N–H and O–H groups in total. The molecular formula is C17H24N4OS. The van der Waals surface area contributed by atoms with Crippen LogP contribution in [0.25, 0.3) is 0 Å². The van der Waals surface area contributed by atoms with Gasteiger partial charge in [0.05, 0.1) is 10.7 Å². The Kier molecular flexibility index (Phi) is 3.99. The monoisotopic (exact) mass is 332 g/mol. The molecule has 0 bridgehead atoms.